The van der Waals surface area contributed by atoms with E-state index in [0.717, 1.165) is 18.3 Å². The highest BCUT2D eigenvalue weighted by Crippen LogP contribution is 2.28. The second-order valence-corrected chi connectivity index (χ2v) is 7.02. The van der Waals surface area contributed by atoms with Gasteiger partial charge in [-0.2, -0.15) is 11.8 Å². The fraction of sp³-hybridized carbons (Fsp3) is 0.625. The van der Waals surface area contributed by atoms with Gasteiger partial charge in [0, 0.05) is 42.9 Å². The number of hydrogen-bond donors (Lipinski definition) is 1. The van der Waals surface area contributed by atoms with Crippen molar-refractivity contribution >= 4 is 17.4 Å². The van der Waals surface area contributed by atoms with Gasteiger partial charge < -0.3 is 5.32 Å². The Labute approximate surface area is 121 Å². The number of anilines is 1. The van der Waals surface area contributed by atoms with E-state index in [-0.39, 0.29) is 0 Å². The van der Waals surface area contributed by atoms with Crippen LogP contribution in [0.1, 0.15) is 30.9 Å². The molecule has 0 aromatic heterocycles. The third kappa shape index (κ3) is 3.09. The maximum absolute atomic E-state index is 3.54. The molecule has 0 saturated carbocycles. The quantitative estimate of drug-likeness (QED) is 0.911. The maximum Gasteiger partial charge on any atom is 0.0375 e. The Morgan fingerprint density at radius 2 is 2.37 bits per heavy atom. The molecule has 1 unspecified atom stereocenters. The second-order valence-electron chi connectivity index (χ2n) is 5.61. The molecule has 1 aromatic carbocycles. The molecule has 0 spiro atoms. The Kier molecular flexibility index (Phi) is 4.34. The summed E-state index contributed by atoms with van der Waals surface area (Å²) >= 11 is 2.15. The van der Waals surface area contributed by atoms with Crippen LogP contribution in [0.15, 0.2) is 18.2 Å². The lowest BCUT2D eigenvalue weighted by Gasteiger charge is -2.33. The van der Waals surface area contributed by atoms with Crippen molar-refractivity contribution in [2.24, 2.45) is 0 Å². The average Bonchev–Trinajstić information content (AvgIpc) is 2.48. The van der Waals surface area contributed by atoms with Gasteiger partial charge in [-0.3, -0.25) is 4.90 Å². The van der Waals surface area contributed by atoms with E-state index in [2.05, 4.69) is 47.1 Å². The molecule has 2 nitrogen and oxygen atoms in total. The highest BCUT2D eigenvalue weighted by molar-refractivity contribution is 8.00. The smallest absolute Gasteiger partial charge is 0.0375 e. The fourth-order valence-electron chi connectivity index (χ4n) is 3.14. The van der Waals surface area contributed by atoms with E-state index in [1.54, 1.807) is 11.1 Å². The van der Waals surface area contributed by atoms with Crippen LogP contribution in [0.4, 0.5) is 5.69 Å². The lowest BCUT2D eigenvalue weighted by atomic mass is 9.97. The highest BCUT2D eigenvalue weighted by Gasteiger charge is 2.20. The topological polar surface area (TPSA) is 15.3 Å². The molecule has 1 saturated heterocycles. The van der Waals surface area contributed by atoms with Gasteiger partial charge in [-0.15, -0.1) is 0 Å². The summed E-state index contributed by atoms with van der Waals surface area (Å²) in [6.07, 6.45) is 3.82. The summed E-state index contributed by atoms with van der Waals surface area (Å²) in [7, 11) is 0. The molecule has 3 rings (SSSR count). The van der Waals surface area contributed by atoms with Crippen LogP contribution in [0.3, 0.4) is 0 Å². The molecule has 0 radical (unpaired) electrons. The molecule has 1 N–H and O–H groups in total. The van der Waals surface area contributed by atoms with Crippen LogP contribution < -0.4 is 5.32 Å². The van der Waals surface area contributed by atoms with Crippen molar-refractivity contribution in [1.29, 1.82) is 0 Å². The fourth-order valence-corrected chi connectivity index (χ4v) is 4.39. The Hall–Kier alpha value is -0.670. The van der Waals surface area contributed by atoms with E-state index in [1.165, 1.54) is 43.8 Å². The summed E-state index contributed by atoms with van der Waals surface area (Å²) in [5.74, 6) is 1.30. The number of nitrogens with zero attached hydrogens (tertiary/aromatic N) is 1. The standard InChI is InChI=1S/C16H24N2S/c1-2-14-12-18(9-10-19-14)11-13-5-3-7-16-15(13)6-4-8-17-16/h3,5,7,14,17H,2,4,6,8-12H2,1H3. The van der Waals surface area contributed by atoms with Crippen molar-refractivity contribution in [3.63, 3.8) is 0 Å². The van der Waals surface area contributed by atoms with Gasteiger partial charge in [0.2, 0.25) is 0 Å². The average molecular weight is 276 g/mol. The Bertz CT molecular complexity index is 433. The van der Waals surface area contributed by atoms with Crippen molar-refractivity contribution in [1.82, 2.24) is 4.90 Å². The highest BCUT2D eigenvalue weighted by atomic mass is 32.2. The molecule has 1 fully saturated rings. The van der Waals surface area contributed by atoms with Gasteiger partial charge in [-0.1, -0.05) is 19.1 Å². The minimum atomic E-state index is 0.839. The Morgan fingerprint density at radius 1 is 1.42 bits per heavy atom. The van der Waals surface area contributed by atoms with Crippen molar-refractivity contribution in [3.05, 3.63) is 29.3 Å². The van der Waals surface area contributed by atoms with Crippen LogP contribution in [0, 0.1) is 0 Å². The molecule has 0 aliphatic carbocycles. The van der Waals surface area contributed by atoms with E-state index in [4.69, 9.17) is 0 Å². The zero-order chi connectivity index (χ0) is 13.1. The van der Waals surface area contributed by atoms with Gasteiger partial charge in [-0.05, 0) is 36.5 Å². The zero-order valence-corrected chi connectivity index (χ0v) is 12.6. The molecule has 0 bridgehead atoms. The summed E-state index contributed by atoms with van der Waals surface area (Å²) in [6.45, 7) is 7.10. The SMILES string of the molecule is CCC1CN(Cc2cccc3c2CCCN3)CCS1. The van der Waals surface area contributed by atoms with Crippen molar-refractivity contribution in [2.75, 3.05) is 30.7 Å². The minimum Gasteiger partial charge on any atom is -0.385 e. The van der Waals surface area contributed by atoms with Gasteiger partial charge in [0.05, 0.1) is 0 Å². The summed E-state index contributed by atoms with van der Waals surface area (Å²) in [6, 6.07) is 6.77. The van der Waals surface area contributed by atoms with Crippen LogP contribution in [0.25, 0.3) is 0 Å². The third-order valence-electron chi connectivity index (χ3n) is 4.26. The second kappa shape index (κ2) is 6.19. The first-order valence-corrected chi connectivity index (χ1v) is 8.60. The van der Waals surface area contributed by atoms with Crippen LogP contribution >= 0.6 is 11.8 Å². The Morgan fingerprint density at radius 3 is 3.26 bits per heavy atom. The summed E-state index contributed by atoms with van der Waals surface area (Å²) < 4.78 is 0. The van der Waals surface area contributed by atoms with Crippen molar-refractivity contribution < 1.29 is 0 Å². The number of nitrogens with one attached hydrogen (secondary N) is 1. The zero-order valence-electron chi connectivity index (χ0n) is 11.8. The lowest BCUT2D eigenvalue weighted by molar-refractivity contribution is 0.272. The van der Waals surface area contributed by atoms with Crippen molar-refractivity contribution in [2.45, 2.75) is 38.0 Å². The molecular weight excluding hydrogens is 252 g/mol. The molecule has 2 aliphatic rings. The maximum atomic E-state index is 3.54. The largest absolute Gasteiger partial charge is 0.385 e. The molecule has 0 amide bonds. The van der Waals surface area contributed by atoms with E-state index >= 15 is 0 Å². The molecular formula is C16H24N2S. The first-order valence-electron chi connectivity index (χ1n) is 7.55. The summed E-state index contributed by atoms with van der Waals surface area (Å²) in [5, 5.41) is 4.38. The first kappa shape index (κ1) is 13.3. The van der Waals surface area contributed by atoms with E-state index in [1.807, 2.05) is 0 Å². The van der Waals surface area contributed by atoms with Gasteiger partial charge >= 0.3 is 0 Å². The van der Waals surface area contributed by atoms with Crippen LogP contribution in [-0.2, 0) is 13.0 Å². The summed E-state index contributed by atoms with van der Waals surface area (Å²) in [5.41, 5.74) is 4.49. The van der Waals surface area contributed by atoms with Gasteiger partial charge in [0.15, 0.2) is 0 Å². The number of rotatable bonds is 3. The van der Waals surface area contributed by atoms with Crippen LogP contribution in [-0.4, -0.2) is 35.5 Å². The lowest BCUT2D eigenvalue weighted by Crippen LogP contribution is -2.37. The molecule has 1 aromatic rings. The molecule has 104 valence electrons. The number of hydrogen-bond acceptors (Lipinski definition) is 3. The number of fused-ring (bicyclic) bond motifs is 1. The molecule has 2 heterocycles. The normalized spacial score (nSPS) is 23.7. The first-order chi connectivity index (χ1) is 9.36. The minimum absolute atomic E-state index is 0.839. The number of benzene rings is 1. The molecule has 19 heavy (non-hydrogen) atoms. The van der Waals surface area contributed by atoms with Crippen molar-refractivity contribution in [3.8, 4) is 0 Å². The van der Waals surface area contributed by atoms with Gasteiger partial charge in [0.25, 0.3) is 0 Å². The van der Waals surface area contributed by atoms with E-state index < -0.39 is 0 Å². The third-order valence-corrected chi connectivity index (χ3v) is 5.64. The monoisotopic (exact) mass is 276 g/mol. The van der Waals surface area contributed by atoms with Gasteiger partial charge in [-0.25, -0.2) is 0 Å². The number of thioether (sulfide) groups is 1. The van der Waals surface area contributed by atoms with Crippen LogP contribution in [0.5, 0.6) is 0 Å². The van der Waals surface area contributed by atoms with E-state index in [0.29, 0.717) is 0 Å². The summed E-state index contributed by atoms with van der Waals surface area (Å²) in [4.78, 5) is 2.65. The van der Waals surface area contributed by atoms with Crippen LogP contribution in [0.2, 0.25) is 0 Å². The molecule has 1 atom stereocenters. The molecule has 2 aliphatic heterocycles. The van der Waals surface area contributed by atoms with Gasteiger partial charge in [0.1, 0.15) is 0 Å². The molecule has 3 heteroatoms. The predicted octanol–water partition coefficient (Wildman–Crippen LogP) is 3.37. The predicted molar refractivity (Wildman–Crippen MR) is 85.1 cm³/mol. The van der Waals surface area contributed by atoms with E-state index in [9.17, 15) is 0 Å². The Balaban J connectivity index is 1.72.